The maximum Gasteiger partial charge on any atom is 0.125 e. The molecule has 0 saturated carbocycles. The van der Waals surface area contributed by atoms with Crippen LogP contribution >= 0.6 is 11.3 Å². The average Bonchev–Trinajstić information content (AvgIpc) is 3.34. The van der Waals surface area contributed by atoms with Gasteiger partial charge >= 0.3 is 0 Å². The van der Waals surface area contributed by atoms with Crippen molar-refractivity contribution < 1.29 is 4.74 Å². The van der Waals surface area contributed by atoms with Gasteiger partial charge in [0.05, 0.1) is 29.0 Å². The van der Waals surface area contributed by atoms with Gasteiger partial charge < -0.3 is 4.74 Å². The molecule has 0 amide bonds. The predicted octanol–water partition coefficient (Wildman–Crippen LogP) is 4.39. The number of pyridine rings is 2. The first kappa shape index (κ1) is 14.9. The Hall–Kier alpha value is -2.37. The smallest absolute Gasteiger partial charge is 0.125 e. The van der Waals surface area contributed by atoms with E-state index in [9.17, 15) is 0 Å². The zero-order chi connectivity index (χ0) is 16.6. The van der Waals surface area contributed by atoms with Crippen molar-refractivity contribution in [1.82, 2.24) is 15.0 Å². The van der Waals surface area contributed by atoms with Gasteiger partial charge in [-0.3, -0.25) is 4.98 Å². The highest BCUT2D eigenvalue weighted by atomic mass is 32.1. The summed E-state index contributed by atoms with van der Waals surface area (Å²) in [7, 11) is 0. The molecule has 5 heteroatoms. The van der Waals surface area contributed by atoms with Crippen LogP contribution in [-0.4, -0.2) is 27.7 Å². The van der Waals surface area contributed by atoms with Crippen molar-refractivity contribution >= 4 is 16.9 Å². The lowest BCUT2D eigenvalue weighted by Gasteiger charge is -2.18. The Labute approximate surface area is 150 Å². The van der Waals surface area contributed by atoms with E-state index in [-0.39, 0.29) is 0 Å². The molecule has 1 atom stereocenters. The third-order valence-electron chi connectivity index (χ3n) is 4.59. The van der Waals surface area contributed by atoms with E-state index >= 15 is 0 Å². The van der Waals surface area contributed by atoms with Crippen LogP contribution in [0, 0.1) is 0 Å². The van der Waals surface area contributed by atoms with E-state index < -0.39 is 0 Å². The average molecular weight is 347 g/mol. The summed E-state index contributed by atoms with van der Waals surface area (Å²) < 4.78 is 5.38. The first-order valence-corrected chi connectivity index (χ1v) is 9.38. The highest BCUT2D eigenvalue weighted by Crippen LogP contribution is 2.35. The molecule has 1 unspecified atom stereocenters. The van der Waals surface area contributed by atoms with Gasteiger partial charge in [-0.25, -0.2) is 9.97 Å². The van der Waals surface area contributed by atoms with Gasteiger partial charge in [-0.1, -0.05) is 6.07 Å². The lowest BCUT2D eigenvalue weighted by atomic mass is 9.90. The number of thiazole rings is 1. The number of nitrogens with zero attached hydrogens (tertiary/aromatic N) is 3. The molecule has 0 spiro atoms. The number of hydrogen-bond donors (Lipinski definition) is 0. The van der Waals surface area contributed by atoms with Crippen LogP contribution in [0.4, 0.5) is 0 Å². The second kappa shape index (κ2) is 6.17. The SMILES string of the molecule is C(=C1CCCc2ccc(-c3cnc(-c4cccnc4)s3)nc21)C1CO1. The quantitative estimate of drug-likeness (QED) is 0.660. The van der Waals surface area contributed by atoms with Crippen molar-refractivity contribution in [2.24, 2.45) is 0 Å². The van der Waals surface area contributed by atoms with E-state index in [1.165, 1.54) is 17.6 Å². The summed E-state index contributed by atoms with van der Waals surface area (Å²) in [5.41, 5.74) is 5.87. The van der Waals surface area contributed by atoms with Crippen molar-refractivity contribution in [3.63, 3.8) is 0 Å². The van der Waals surface area contributed by atoms with Crippen molar-refractivity contribution in [2.75, 3.05) is 6.61 Å². The van der Waals surface area contributed by atoms with Crippen molar-refractivity contribution in [2.45, 2.75) is 25.4 Å². The summed E-state index contributed by atoms with van der Waals surface area (Å²) in [5, 5.41) is 0.977. The van der Waals surface area contributed by atoms with Crippen LogP contribution in [0.3, 0.4) is 0 Å². The molecule has 3 aromatic heterocycles. The summed E-state index contributed by atoms with van der Waals surface area (Å²) in [6.07, 6.45) is 11.5. The Morgan fingerprint density at radius 2 is 2.12 bits per heavy atom. The fourth-order valence-corrected chi connectivity index (χ4v) is 4.12. The summed E-state index contributed by atoms with van der Waals surface area (Å²) in [5.74, 6) is 0. The summed E-state index contributed by atoms with van der Waals surface area (Å²) in [6, 6.07) is 8.31. The maximum atomic E-state index is 5.38. The van der Waals surface area contributed by atoms with Crippen LogP contribution in [0.1, 0.15) is 24.1 Å². The fraction of sp³-hybridized carbons (Fsp3) is 0.250. The molecule has 0 aromatic carbocycles. The zero-order valence-electron chi connectivity index (χ0n) is 13.7. The standard InChI is InChI=1S/C20H17N3OS/c1-3-13-6-7-17(23-19(13)14(4-1)9-16-12-24-16)18-11-22-20(25-18)15-5-2-8-21-10-15/h2,5-11,16H,1,3-4,12H2. The minimum atomic E-state index is 0.298. The van der Waals surface area contributed by atoms with Gasteiger partial charge in [0.1, 0.15) is 5.01 Å². The lowest BCUT2D eigenvalue weighted by Crippen LogP contribution is -2.05. The zero-order valence-corrected chi connectivity index (χ0v) is 14.5. The second-order valence-corrected chi connectivity index (χ2v) is 7.42. The van der Waals surface area contributed by atoms with Crippen molar-refractivity contribution in [3.8, 4) is 21.1 Å². The Balaban J connectivity index is 1.52. The highest BCUT2D eigenvalue weighted by molar-refractivity contribution is 7.18. The molecule has 1 aliphatic heterocycles. The molecule has 25 heavy (non-hydrogen) atoms. The monoisotopic (exact) mass is 347 g/mol. The fourth-order valence-electron chi connectivity index (χ4n) is 3.25. The van der Waals surface area contributed by atoms with Crippen LogP contribution in [0.5, 0.6) is 0 Å². The molecule has 0 bridgehead atoms. The number of rotatable bonds is 3. The molecule has 2 aliphatic rings. The van der Waals surface area contributed by atoms with E-state index in [4.69, 9.17) is 9.72 Å². The Bertz CT molecular complexity index is 945. The third kappa shape index (κ3) is 3.01. The van der Waals surface area contributed by atoms with Gasteiger partial charge in [-0.15, -0.1) is 11.3 Å². The molecular formula is C20H17N3OS. The number of epoxide rings is 1. The van der Waals surface area contributed by atoms with E-state index in [1.54, 1.807) is 17.5 Å². The van der Waals surface area contributed by atoms with Gasteiger partial charge in [0.2, 0.25) is 0 Å². The number of hydrogen-bond acceptors (Lipinski definition) is 5. The number of fused-ring (bicyclic) bond motifs is 1. The predicted molar refractivity (Wildman–Crippen MR) is 99.2 cm³/mol. The lowest BCUT2D eigenvalue weighted by molar-refractivity contribution is 0.440. The molecule has 1 fully saturated rings. The summed E-state index contributed by atoms with van der Waals surface area (Å²) in [6.45, 7) is 0.849. The van der Waals surface area contributed by atoms with Crippen LogP contribution in [0.15, 0.2) is 48.9 Å². The first-order chi connectivity index (χ1) is 12.4. The van der Waals surface area contributed by atoms with Crippen LogP contribution < -0.4 is 0 Å². The number of ether oxygens (including phenoxy) is 1. The van der Waals surface area contributed by atoms with Gasteiger partial charge in [-0.2, -0.15) is 0 Å². The van der Waals surface area contributed by atoms with Crippen LogP contribution in [0.25, 0.3) is 26.7 Å². The van der Waals surface area contributed by atoms with E-state index in [0.717, 1.165) is 46.3 Å². The third-order valence-corrected chi connectivity index (χ3v) is 5.66. The molecule has 4 nitrogen and oxygen atoms in total. The van der Waals surface area contributed by atoms with E-state index in [1.807, 2.05) is 24.5 Å². The molecule has 0 radical (unpaired) electrons. The molecule has 3 aromatic rings. The summed E-state index contributed by atoms with van der Waals surface area (Å²) >= 11 is 1.66. The highest BCUT2D eigenvalue weighted by Gasteiger charge is 2.24. The van der Waals surface area contributed by atoms with Crippen LogP contribution in [-0.2, 0) is 11.2 Å². The Morgan fingerprint density at radius 1 is 1.16 bits per heavy atom. The van der Waals surface area contributed by atoms with Crippen LogP contribution in [0.2, 0.25) is 0 Å². The van der Waals surface area contributed by atoms with Crippen molar-refractivity contribution in [3.05, 3.63) is 60.2 Å². The molecule has 0 N–H and O–H groups in total. The van der Waals surface area contributed by atoms with Gasteiger partial charge in [0, 0.05) is 24.2 Å². The van der Waals surface area contributed by atoms with E-state index in [0.29, 0.717) is 6.10 Å². The Kier molecular flexibility index (Phi) is 3.68. The second-order valence-electron chi connectivity index (χ2n) is 6.39. The molecular weight excluding hydrogens is 330 g/mol. The molecule has 1 aliphatic carbocycles. The topological polar surface area (TPSA) is 51.2 Å². The summed E-state index contributed by atoms with van der Waals surface area (Å²) in [4.78, 5) is 14.8. The number of allylic oxidation sites excluding steroid dienone is 1. The minimum absolute atomic E-state index is 0.298. The van der Waals surface area contributed by atoms with Gasteiger partial charge in [0.15, 0.2) is 0 Å². The van der Waals surface area contributed by atoms with Gasteiger partial charge in [0.25, 0.3) is 0 Å². The molecule has 4 heterocycles. The number of aromatic nitrogens is 3. The molecule has 124 valence electrons. The van der Waals surface area contributed by atoms with Gasteiger partial charge in [-0.05, 0) is 54.7 Å². The number of aryl methyl sites for hydroxylation is 1. The normalized spacial score (nSPS) is 20.5. The van der Waals surface area contributed by atoms with Crippen molar-refractivity contribution in [1.29, 1.82) is 0 Å². The first-order valence-electron chi connectivity index (χ1n) is 8.56. The largest absolute Gasteiger partial charge is 0.369 e. The minimum Gasteiger partial charge on any atom is -0.369 e. The molecule has 1 saturated heterocycles. The maximum absolute atomic E-state index is 5.38. The van der Waals surface area contributed by atoms with E-state index in [2.05, 4.69) is 28.2 Å². The molecule has 5 rings (SSSR count). The Morgan fingerprint density at radius 3 is 2.96 bits per heavy atom.